The molecule has 2 atom stereocenters. The summed E-state index contributed by atoms with van der Waals surface area (Å²) in [5.41, 5.74) is 0.820. The van der Waals surface area contributed by atoms with Crippen LogP contribution in [0.4, 0.5) is 5.69 Å². The first-order valence-electron chi connectivity index (χ1n) is 7.94. The third-order valence-corrected chi connectivity index (χ3v) is 6.08. The minimum Gasteiger partial charge on any atom is -0.481 e. The summed E-state index contributed by atoms with van der Waals surface area (Å²) in [6, 6.07) is 7.83. The van der Waals surface area contributed by atoms with E-state index in [-0.39, 0.29) is 11.8 Å². The van der Waals surface area contributed by atoms with Crippen LogP contribution in [0, 0.1) is 11.8 Å². The smallest absolute Gasteiger partial charge is 0.307 e. The number of anilines is 1. The molecule has 0 aliphatic heterocycles. The average Bonchev–Trinajstić information content (AvgIpc) is 2.92. The molecular formula is C17H21NO3S. The van der Waals surface area contributed by atoms with Crippen LogP contribution in [-0.4, -0.2) is 22.2 Å². The first-order chi connectivity index (χ1) is 10.6. The van der Waals surface area contributed by atoms with Gasteiger partial charge in [-0.15, -0.1) is 11.8 Å². The molecule has 1 aromatic carbocycles. The van der Waals surface area contributed by atoms with E-state index in [0.29, 0.717) is 18.1 Å². The van der Waals surface area contributed by atoms with Crippen LogP contribution < -0.4 is 5.32 Å². The third-order valence-electron chi connectivity index (χ3n) is 4.67. The molecule has 0 radical (unpaired) electrons. The van der Waals surface area contributed by atoms with Gasteiger partial charge in [0.15, 0.2) is 0 Å². The molecule has 4 nitrogen and oxygen atoms in total. The van der Waals surface area contributed by atoms with Gasteiger partial charge in [-0.3, -0.25) is 9.59 Å². The number of hydrogen-bond acceptors (Lipinski definition) is 3. The summed E-state index contributed by atoms with van der Waals surface area (Å²) in [4.78, 5) is 24.5. The number of benzene rings is 1. The van der Waals surface area contributed by atoms with Crippen molar-refractivity contribution in [2.75, 3.05) is 5.32 Å². The molecule has 3 rings (SSSR count). The van der Waals surface area contributed by atoms with E-state index in [9.17, 15) is 9.59 Å². The maximum Gasteiger partial charge on any atom is 0.307 e. The highest BCUT2D eigenvalue weighted by Gasteiger charge is 2.41. The van der Waals surface area contributed by atoms with Crippen molar-refractivity contribution in [3.8, 4) is 0 Å². The highest BCUT2D eigenvalue weighted by atomic mass is 32.2. The number of para-hydroxylation sites is 1. The average molecular weight is 319 g/mol. The molecule has 0 spiro atoms. The standard InChI is InChI=1S/C17H21NO3S/c19-16(12-9-10-13(12)17(20)21)18-14-7-3-4-8-15(14)22-11-5-1-2-6-11/h3-4,7-8,11-13H,1-2,5-6,9-10H2,(H,18,19)(H,20,21). The Labute approximate surface area is 134 Å². The first kappa shape index (κ1) is 15.4. The van der Waals surface area contributed by atoms with Gasteiger partial charge in [0.2, 0.25) is 5.91 Å². The van der Waals surface area contributed by atoms with Gasteiger partial charge in [-0.05, 0) is 37.8 Å². The molecule has 0 bridgehead atoms. The zero-order valence-electron chi connectivity index (χ0n) is 12.5. The molecule has 2 fully saturated rings. The Morgan fingerprint density at radius 2 is 1.73 bits per heavy atom. The Balaban J connectivity index is 1.66. The van der Waals surface area contributed by atoms with Crippen molar-refractivity contribution in [3.63, 3.8) is 0 Å². The molecule has 2 aliphatic rings. The number of rotatable bonds is 5. The van der Waals surface area contributed by atoms with Crippen LogP contribution >= 0.6 is 11.8 Å². The lowest BCUT2D eigenvalue weighted by Gasteiger charge is -2.32. The third kappa shape index (κ3) is 3.29. The quantitative estimate of drug-likeness (QED) is 0.867. The molecule has 1 aromatic rings. The van der Waals surface area contributed by atoms with Gasteiger partial charge in [0, 0.05) is 10.1 Å². The minimum atomic E-state index is -0.861. The van der Waals surface area contributed by atoms with Crippen LogP contribution in [0.15, 0.2) is 29.2 Å². The fraction of sp³-hybridized carbons (Fsp3) is 0.529. The van der Waals surface area contributed by atoms with E-state index in [1.165, 1.54) is 25.7 Å². The van der Waals surface area contributed by atoms with Crippen LogP contribution in [0.25, 0.3) is 0 Å². The summed E-state index contributed by atoms with van der Waals surface area (Å²) >= 11 is 1.83. The zero-order valence-corrected chi connectivity index (χ0v) is 13.3. The van der Waals surface area contributed by atoms with E-state index in [1.807, 2.05) is 36.0 Å². The number of carbonyl (C=O) groups excluding carboxylic acids is 1. The van der Waals surface area contributed by atoms with Gasteiger partial charge in [0.25, 0.3) is 0 Å². The SMILES string of the molecule is O=C(O)C1CCC1C(=O)Nc1ccccc1SC1CCCC1. The van der Waals surface area contributed by atoms with Crippen molar-refractivity contribution >= 4 is 29.3 Å². The number of carboxylic acids is 1. The van der Waals surface area contributed by atoms with Gasteiger partial charge < -0.3 is 10.4 Å². The van der Waals surface area contributed by atoms with Crippen LogP contribution in [0.2, 0.25) is 0 Å². The van der Waals surface area contributed by atoms with Gasteiger partial charge in [-0.1, -0.05) is 25.0 Å². The Bertz CT molecular complexity index is 569. The van der Waals surface area contributed by atoms with E-state index in [4.69, 9.17) is 5.11 Å². The Kier molecular flexibility index (Phi) is 4.71. The van der Waals surface area contributed by atoms with Gasteiger partial charge in [0.1, 0.15) is 0 Å². The number of carbonyl (C=O) groups is 2. The maximum atomic E-state index is 12.3. The predicted molar refractivity (Wildman–Crippen MR) is 87.0 cm³/mol. The maximum absolute atomic E-state index is 12.3. The Hall–Kier alpha value is -1.49. The summed E-state index contributed by atoms with van der Waals surface area (Å²) < 4.78 is 0. The summed E-state index contributed by atoms with van der Waals surface area (Å²) in [6.07, 6.45) is 6.31. The van der Waals surface area contributed by atoms with Crippen molar-refractivity contribution in [1.29, 1.82) is 0 Å². The molecule has 1 amide bonds. The minimum absolute atomic E-state index is 0.155. The summed E-state index contributed by atoms with van der Waals surface area (Å²) in [6.45, 7) is 0. The van der Waals surface area contributed by atoms with Crippen molar-refractivity contribution < 1.29 is 14.7 Å². The molecule has 2 N–H and O–H groups in total. The number of hydrogen-bond donors (Lipinski definition) is 2. The second kappa shape index (κ2) is 6.73. The largest absolute Gasteiger partial charge is 0.481 e. The lowest BCUT2D eigenvalue weighted by Crippen LogP contribution is -2.41. The number of aliphatic carboxylic acids is 1. The van der Waals surface area contributed by atoms with E-state index < -0.39 is 11.9 Å². The second-order valence-electron chi connectivity index (χ2n) is 6.14. The topological polar surface area (TPSA) is 66.4 Å². The second-order valence-corrected chi connectivity index (χ2v) is 7.48. The van der Waals surface area contributed by atoms with Crippen molar-refractivity contribution in [2.24, 2.45) is 11.8 Å². The monoisotopic (exact) mass is 319 g/mol. The van der Waals surface area contributed by atoms with Crippen molar-refractivity contribution in [1.82, 2.24) is 0 Å². The molecule has 0 heterocycles. The molecule has 0 aromatic heterocycles. The Morgan fingerprint density at radius 3 is 2.36 bits per heavy atom. The van der Waals surface area contributed by atoms with Gasteiger partial charge in [0.05, 0.1) is 17.5 Å². The predicted octanol–water partition coefficient (Wildman–Crippen LogP) is 3.77. The fourth-order valence-corrected chi connectivity index (χ4v) is 4.52. The van der Waals surface area contributed by atoms with Gasteiger partial charge in [-0.2, -0.15) is 0 Å². The molecule has 2 unspecified atom stereocenters. The van der Waals surface area contributed by atoms with Crippen LogP contribution in [-0.2, 0) is 9.59 Å². The van der Waals surface area contributed by atoms with E-state index in [1.54, 1.807) is 0 Å². The fourth-order valence-electron chi connectivity index (χ4n) is 3.19. The van der Waals surface area contributed by atoms with E-state index in [0.717, 1.165) is 10.6 Å². The van der Waals surface area contributed by atoms with Crippen LogP contribution in [0.1, 0.15) is 38.5 Å². The number of carboxylic acid groups (broad SMARTS) is 1. The van der Waals surface area contributed by atoms with Gasteiger partial charge in [-0.25, -0.2) is 0 Å². The van der Waals surface area contributed by atoms with Gasteiger partial charge >= 0.3 is 5.97 Å². The Morgan fingerprint density at radius 1 is 1.05 bits per heavy atom. The summed E-state index contributed by atoms with van der Waals surface area (Å²) in [5, 5.41) is 12.7. The van der Waals surface area contributed by atoms with E-state index >= 15 is 0 Å². The van der Waals surface area contributed by atoms with E-state index in [2.05, 4.69) is 5.32 Å². The number of nitrogens with one attached hydrogen (secondary N) is 1. The highest BCUT2D eigenvalue weighted by molar-refractivity contribution is 8.00. The molecule has 118 valence electrons. The normalized spacial score (nSPS) is 24.7. The molecule has 2 saturated carbocycles. The summed E-state index contributed by atoms with van der Waals surface area (Å²) in [5.74, 6) is -1.92. The van der Waals surface area contributed by atoms with Crippen molar-refractivity contribution in [3.05, 3.63) is 24.3 Å². The summed E-state index contributed by atoms with van der Waals surface area (Å²) in [7, 11) is 0. The molecule has 0 saturated heterocycles. The lowest BCUT2D eigenvalue weighted by molar-refractivity contribution is -0.151. The molecule has 5 heteroatoms. The number of thioether (sulfide) groups is 1. The van der Waals surface area contributed by atoms with Crippen LogP contribution in [0.3, 0.4) is 0 Å². The highest BCUT2D eigenvalue weighted by Crippen LogP contribution is 2.39. The molecule has 22 heavy (non-hydrogen) atoms. The van der Waals surface area contributed by atoms with Crippen molar-refractivity contribution in [2.45, 2.75) is 48.7 Å². The molecular weight excluding hydrogens is 298 g/mol. The number of amides is 1. The first-order valence-corrected chi connectivity index (χ1v) is 8.82. The van der Waals surface area contributed by atoms with Crippen LogP contribution in [0.5, 0.6) is 0 Å². The lowest BCUT2D eigenvalue weighted by atomic mass is 9.73. The molecule has 2 aliphatic carbocycles. The zero-order chi connectivity index (χ0) is 15.5.